The van der Waals surface area contributed by atoms with E-state index in [2.05, 4.69) is 0 Å². The molecule has 1 atom stereocenters. The molecule has 0 spiro atoms. The Morgan fingerprint density at radius 2 is 1.91 bits per heavy atom. The predicted octanol–water partition coefficient (Wildman–Crippen LogP) is 4.08. The minimum Gasteiger partial charge on any atom is -0.207 e. The molecule has 1 aliphatic rings. The van der Waals surface area contributed by atoms with Crippen LogP contribution in [0.15, 0.2) is 53.4 Å². The van der Waals surface area contributed by atoms with Crippen molar-refractivity contribution >= 4 is 33.4 Å². The Balaban J connectivity index is 1.97. The normalized spacial score (nSPS) is 19.5. The highest BCUT2D eigenvalue weighted by atomic mass is 35.5. The molecular weight excluding hydrogens is 338 g/mol. The molecule has 1 aliphatic heterocycles. The molecule has 0 bridgehead atoms. The van der Waals surface area contributed by atoms with Gasteiger partial charge in [0.15, 0.2) is 0 Å². The molecule has 0 amide bonds. The van der Waals surface area contributed by atoms with Gasteiger partial charge in [-0.1, -0.05) is 35.9 Å². The number of benzene rings is 2. The van der Waals surface area contributed by atoms with Gasteiger partial charge < -0.3 is 0 Å². The summed E-state index contributed by atoms with van der Waals surface area (Å²) in [4.78, 5) is 0.356. The van der Waals surface area contributed by atoms with Crippen molar-refractivity contribution in [3.05, 3.63) is 64.7 Å². The number of thioether (sulfide) groups is 1. The predicted molar refractivity (Wildman–Crippen MR) is 91.7 cm³/mol. The van der Waals surface area contributed by atoms with Crippen molar-refractivity contribution in [2.24, 2.45) is 0 Å². The van der Waals surface area contributed by atoms with Crippen LogP contribution in [-0.4, -0.2) is 25.0 Å². The summed E-state index contributed by atoms with van der Waals surface area (Å²) in [6.45, 7) is 2.42. The summed E-state index contributed by atoms with van der Waals surface area (Å²) in [6, 6.07) is 14.4. The molecule has 2 aromatic rings. The van der Waals surface area contributed by atoms with Gasteiger partial charge in [0, 0.05) is 17.3 Å². The Bertz CT molecular complexity index is 775. The smallest absolute Gasteiger partial charge is 0.207 e. The number of aryl methyl sites for hydroxylation is 1. The molecule has 0 N–H and O–H groups in total. The molecule has 6 heteroatoms. The van der Waals surface area contributed by atoms with E-state index in [-0.39, 0.29) is 5.37 Å². The van der Waals surface area contributed by atoms with Gasteiger partial charge in [0.25, 0.3) is 0 Å². The highest BCUT2D eigenvalue weighted by Crippen LogP contribution is 2.41. The second kappa shape index (κ2) is 6.24. The number of hydrogen-bond acceptors (Lipinski definition) is 3. The fourth-order valence-electron chi connectivity index (χ4n) is 2.50. The minimum atomic E-state index is -3.49. The summed E-state index contributed by atoms with van der Waals surface area (Å²) in [5, 5.41) is 0.461. The Morgan fingerprint density at radius 3 is 2.59 bits per heavy atom. The lowest BCUT2D eigenvalue weighted by Crippen LogP contribution is -2.30. The molecule has 1 heterocycles. The van der Waals surface area contributed by atoms with Crippen molar-refractivity contribution in [3.8, 4) is 0 Å². The summed E-state index contributed by atoms with van der Waals surface area (Å²) >= 11 is 7.56. The van der Waals surface area contributed by atoms with Gasteiger partial charge in [-0.3, -0.25) is 0 Å². The number of sulfonamides is 1. The van der Waals surface area contributed by atoms with Gasteiger partial charge in [-0.05, 0) is 42.3 Å². The quantitative estimate of drug-likeness (QED) is 0.834. The average molecular weight is 354 g/mol. The number of nitrogens with zero attached hydrogens (tertiary/aromatic N) is 1. The van der Waals surface area contributed by atoms with Crippen LogP contribution in [0.25, 0.3) is 0 Å². The lowest BCUT2D eigenvalue weighted by molar-refractivity contribution is 0.434. The van der Waals surface area contributed by atoms with Crippen LogP contribution in [0.1, 0.15) is 16.5 Å². The molecule has 0 unspecified atom stereocenters. The molecule has 3 nitrogen and oxygen atoms in total. The zero-order chi connectivity index (χ0) is 15.7. The van der Waals surface area contributed by atoms with Crippen LogP contribution in [0.5, 0.6) is 0 Å². The summed E-state index contributed by atoms with van der Waals surface area (Å²) in [5.41, 5.74) is 1.90. The summed E-state index contributed by atoms with van der Waals surface area (Å²) in [5.74, 6) is 0.790. The van der Waals surface area contributed by atoms with Gasteiger partial charge in [-0.15, -0.1) is 11.8 Å². The van der Waals surface area contributed by atoms with Crippen LogP contribution in [0.4, 0.5) is 0 Å². The maximum Gasteiger partial charge on any atom is 0.244 e. The van der Waals surface area contributed by atoms with Crippen molar-refractivity contribution in [2.45, 2.75) is 17.2 Å². The molecule has 3 rings (SSSR count). The first-order chi connectivity index (χ1) is 10.5. The maximum absolute atomic E-state index is 12.9. The third-order valence-electron chi connectivity index (χ3n) is 3.60. The highest BCUT2D eigenvalue weighted by Gasteiger charge is 2.36. The molecule has 0 aliphatic carbocycles. The Hall–Kier alpha value is -1.01. The Morgan fingerprint density at radius 1 is 1.18 bits per heavy atom. The van der Waals surface area contributed by atoms with Crippen LogP contribution >= 0.6 is 23.4 Å². The first-order valence-corrected chi connectivity index (χ1v) is 9.81. The van der Waals surface area contributed by atoms with E-state index >= 15 is 0 Å². The number of rotatable bonds is 3. The van der Waals surface area contributed by atoms with Gasteiger partial charge in [0.2, 0.25) is 10.0 Å². The monoisotopic (exact) mass is 353 g/mol. The van der Waals surface area contributed by atoms with E-state index in [1.165, 1.54) is 0 Å². The first kappa shape index (κ1) is 15.9. The van der Waals surface area contributed by atoms with E-state index in [0.29, 0.717) is 16.5 Å². The van der Waals surface area contributed by atoms with Crippen molar-refractivity contribution in [1.29, 1.82) is 0 Å². The van der Waals surface area contributed by atoms with Crippen LogP contribution < -0.4 is 0 Å². The standard InChI is InChI=1S/C16H16ClNO2S2/c1-12-3-2-4-15(11-12)22(19,20)18-9-10-21-16(18)13-5-7-14(17)8-6-13/h2-8,11,16H,9-10H2,1H3/t16-/m0/s1. The molecule has 116 valence electrons. The second-order valence-electron chi connectivity index (χ2n) is 5.21. The highest BCUT2D eigenvalue weighted by molar-refractivity contribution is 8.01. The van der Waals surface area contributed by atoms with E-state index in [1.54, 1.807) is 46.4 Å². The van der Waals surface area contributed by atoms with E-state index in [0.717, 1.165) is 16.9 Å². The van der Waals surface area contributed by atoms with E-state index in [1.807, 2.05) is 25.1 Å². The zero-order valence-electron chi connectivity index (χ0n) is 12.1. The molecule has 0 aromatic heterocycles. The largest absolute Gasteiger partial charge is 0.244 e. The van der Waals surface area contributed by atoms with Crippen molar-refractivity contribution in [1.82, 2.24) is 4.31 Å². The van der Waals surface area contributed by atoms with Crippen LogP contribution in [0.2, 0.25) is 5.02 Å². The van der Waals surface area contributed by atoms with E-state index < -0.39 is 10.0 Å². The maximum atomic E-state index is 12.9. The summed E-state index contributed by atoms with van der Waals surface area (Å²) < 4.78 is 27.4. The molecule has 1 saturated heterocycles. The molecule has 0 saturated carbocycles. The molecule has 0 radical (unpaired) electrons. The van der Waals surface area contributed by atoms with Crippen molar-refractivity contribution in [2.75, 3.05) is 12.3 Å². The Kier molecular flexibility index (Phi) is 4.50. The fourth-order valence-corrected chi connectivity index (χ4v) is 5.97. The molecule has 22 heavy (non-hydrogen) atoms. The molecule has 2 aromatic carbocycles. The van der Waals surface area contributed by atoms with E-state index in [9.17, 15) is 8.42 Å². The third-order valence-corrected chi connectivity index (χ3v) is 7.11. The fraction of sp³-hybridized carbons (Fsp3) is 0.250. The van der Waals surface area contributed by atoms with Gasteiger partial charge in [0.05, 0.1) is 10.3 Å². The lowest BCUT2D eigenvalue weighted by Gasteiger charge is -2.23. The minimum absolute atomic E-state index is 0.192. The Labute approximate surface area is 140 Å². The average Bonchev–Trinajstić information content (AvgIpc) is 2.98. The van der Waals surface area contributed by atoms with Gasteiger partial charge in [-0.2, -0.15) is 4.31 Å². The number of hydrogen-bond donors (Lipinski definition) is 0. The summed E-state index contributed by atoms with van der Waals surface area (Å²) in [6.07, 6.45) is 0. The van der Waals surface area contributed by atoms with Crippen molar-refractivity contribution < 1.29 is 8.42 Å². The zero-order valence-corrected chi connectivity index (χ0v) is 14.5. The topological polar surface area (TPSA) is 37.4 Å². The second-order valence-corrected chi connectivity index (χ2v) is 8.72. The summed E-state index contributed by atoms with van der Waals surface area (Å²) in [7, 11) is -3.49. The third kappa shape index (κ3) is 3.04. The van der Waals surface area contributed by atoms with Crippen molar-refractivity contribution in [3.63, 3.8) is 0 Å². The first-order valence-electron chi connectivity index (χ1n) is 6.94. The SMILES string of the molecule is Cc1cccc(S(=O)(=O)N2CCS[C@H]2c2ccc(Cl)cc2)c1. The van der Waals surface area contributed by atoms with Gasteiger partial charge in [0.1, 0.15) is 0 Å². The van der Waals surface area contributed by atoms with Crippen LogP contribution in [-0.2, 0) is 10.0 Å². The van der Waals surface area contributed by atoms with Crippen LogP contribution in [0, 0.1) is 6.92 Å². The molecular formula is C16H16ClNO2S2. The van der Waals surface area contributed by atoms with Gasteiger partial charge in [-0.25, -0.2) is 8.42 Å². The molecule has 1 fully saturated rings. The number of halogens is 1. The lowest BCUT2D eigenvalue weighted by atomic mass is 10.2. The van der Waals surface area contributed by atoms with Crippen LogP contribution in [0.3, 0.4) is 0 Å². The van der Waals surface area contributed by atoms with E-state index in [4.69, 9.17) is 11.6 Å². The van der Waals surface area contributed by atoms with Gasteiger partial charge >= 0.3 is 0 Å².